The number of benzene rings is 4. The lowest BCUT2D eigenvalue weighted by atomic mass is 9.94. The number of hydrogen-bond donors (Lipinski definition) is 2. The smallest absolute Gasteiger partial charge is 0.254 e. The lowest BCUT2D eigenvalue weighted by molar-refractivity contribution is 0.262. The fourth-order valence-corrected chi connectivity index (χ4v) is 4.75. The second-order valence-corrected chi connectivity index (χ2v) is 8.36. The molecule has 0 saturated carbocycles. The molecule has 0 spiro atoms. The quantitative estimate of drug-likeness (QED) is 0.411. The van der Waals surface area contributed by atoms with Crippen LogP contribution in [0.2, 0.25) is 0 Å². The molecule has 0 radical (unpaired) electrons. The molecule has 0 aromatic heterocycles. The molecular formula is C24H24NO2P. The first-order chi connectivity index (χ1) is 13.5. The number of nitrogens with zero attached hydrogens (tertiary/aromatic N) is 1. The second kappa shape index (κ2) is 7.98. The molecule has 0 aliphatic rings. The van der Waals surface area contributed by atoms with Crippen LogP contribution in [-0.2, 0) is 0 Å². The summed E-state index contributed by atoms with van der Waals surface area (Å²) >= 11 is 0. The van der Waals surface area contributed by atoms with E-state index in [0.29, 0.717) is 0 Å². The van der Waals surface area contributed by atoms with Crippen molar-refractivity contribution in [1.82, 2.24) is 4.67 Å². The van der Waals surface area contributed by atoms with Crippen molar-refractivity contribution in [2.75, 3.05) is 0 Å². The largest absolute Gasteiger partial charge is 0.338 e. The first-order valence-corrected chi connectivity index (χ1v) is 10.7. The topological polar surface area (TPSA) is 43.7 Å². The molecule has 142 valence electrons. The van der Waals surface area contributed by atoms with Crippen molar-refractivity contribution in [3.63, 3.8) is 0 Å². The highest BCUT2D eigenvalue weighted by atomic mass is 31.2. The van der Waals surface area contributed by atoms with Crippen LogP contribution in [0.15, 0.2) is 84.9 Å². The van der Waals surface area contributed by atoms with E-state index in [1.165, 1.54) is 10.8 Å². The lowest BCUT2D eigenvalue weighted by Crippen LogP contribution is -2.31. The molecule has 28 heavy (non-hydrogen) atoms. The van der Waals surface area contributed by atoms with Gasteiger partial charge in [0.05, 0.1) is 6.04 Å². The first kappa shape index (κ1) is 19.0. The van der Waals surface area contributed by atoms with Gasteiger partial charge in [-0.3, -0.25) is 0 Å². The van der Waals surface area contributed by atoms with E-state index in [1.54, 1.807) is 4.67 Å². The van der Waals surface area contributed by atoms with Gasteiger partial charge in [0.15, 0.2) is 0 Å². The Balaban J connectivity index is 1.91. The van der Waals surface area contributed by atoms with Crippen molar-refractivity contribution in [1.29, 1.82) is 0 Å². The van der Waals surface area contributed by atoms with Crippen molar-refractivity contribution in [2.24, 2.45) is 0 Å². The van der Waals surface area contributed by atoms with Crippen molar-refractivity contribution in [3.05, 3.63) is 96.1 Å². The molecule has 3 nitrogen and oxygen atoms in total. The van der Waals surface area contributed by atoms with Crippen LogP contribution in [-0.4, -0.2) is 20.5 Å². The highest BCUT2D eigenvalue weighted by Crippen LogP contribution is 2.45. The Morgan fingerprint density at radius 3 is 1.46 bits per heavy atom. The van der Waals surface area contributed by atoms with Crippen LogP contribution in [0.4, 0.5) is 0 Å². The molecule has 0 unspecified atom stereocenters. The summed E-state index contributed by atoms with van der Waals surface area (Å²) in [6.07, 6.45) is 0. The molecule has 2 N–H and O–H groups in total. The maximum Gasteiger partial charge on any atom is 0.254 e. The van der Waals surface area contributed by atoms with Gasteiger partial charge in [-0.05, 0) is 58.7 Å². The second-order valence-electron chi connectivity index (χ2n) is 7.36. The van der Waals surface area contributed by atoms with E-state index in [4.69, 9.17) is 0 Å². The number of fused-ring (bicyclic) bond motifs is 2. The van der Waals surface area contributed by atoms with E-state index in [0.717, 1.165) is 21.9 Å². The molecule has 4 rings (SSSR count). The minimum atomic E-state index is -2.24. The van der Waals surface area contributed by atoms with Crippen LogP contribution in [0, 0.1) is 0 Å². The SMILES string of the molecule is CC(C)N(C(c1ccc2ccccc2c1)c1ccc2ccccc2c1)P(O)O. The lowest BCUT2D eigenvalue weighted by Gasteiger charge is -2.35. The Labute approximate surface area is 166 Å². The summed E-state index contributed by atoms with van der Waals surface area (Å²) in [5.41, 5.74) is 2.11. The van der Waals surface area contributed by atoms with Crippen molar-refractivity contribution in [3.8, 4) is 0 Å². The van der Waals surface area contributed by atoms with Crippen LogP contribution < -0.4 is 0 Å². The molecule has 0 amide bonds. The van der Waals surface area contributed by atoms with Crippen molar-refractivity contribution >= 4 is 30.1 Å². The molecule has 4 heteroatoms. The van der Waals surface area contributed by atoms with Crippen LogP contribution in [0.25, 0.3) is 21.5 Å². The molecule has 0 heterocycles. The van der Waals surface area contributed by atoms with Crippen molar-refractivity contribution < 1.29 is 9.79 Å². The van der Waals surface area contributed by atoms with Gasteiger partial charge in [0.1, 0.15) is 0 Å². The molecular weight excluding hydrogens is 365 g/mol. The van der Waals surface area contributed by atoms with Gasteiger partial charge in [0, 0.05) is 6.04 Å². The monoisotopic (exact) mass is 389 g/mol. The van der Waals surface area contributed by atoms with E-state index in [1.807, 2.05) is 38.1 Å². The average Bonchev–Trinajstić information content (AvgIpc) is 2.70. The van der Waals surface area contributed by atoms with Crippen LogP contribution in [0.1, 0.15) is 31.0 Å². The van der Waals surface area contributed by atoms with Crippen LogP contribution >= 0.6 is 8.53 Å². The van der Waals surface area contributed by atoms with Crippen LogP contribution in [0.5, 0.6) is 0 Å². The van der Waals surface area contributed by atoms with Gasteiger partial charge < -0.3 is 9.79 Å². The zero-order chi connectivity index (χ0) is 19.7. The summed E-state index contributed by atoms with van der Waals surface area (Å²) in [6, 6.07) is 28.9. The van der Waals surface area contributed by atoms with E-state index in [-0.39, 0.29) is 12.1 Å². The fourth-order valence-electron chi connectivity index (χ4n) is 3.86. The van der Waals surface area contributed by atoms with Gasteiger partial charge in [-0.25, -0.2) is 4.67 Å². The molecule has 0 bridgehead atoms. The Bertz CT molecular complexity index is 1020. The zero-order valence-corrected chi connectivity index (χ0v) is 16.9. The van der Waals surface area contributed by atoms with E-state index in [2.05, 4.69) is 60.7 Å². The molecule has 0 aliphatic heterocycles. The maximum absolute atomic E-state index is 10.2. The molecule has 0 fully saturated rings. The number of rotatable bonds is 5. The van der Waals surface area contributed by atoms with Crippen LogP contribution in [0.3, 0.4) is 0 Å². The average molecular weight is 389 g/mol. The molecule has 4 aromatic carbocycles. The molecule has 0 aliphatic carbocycles. The Kier molecular flexibility index (Phi) is 5.43. The minimum Gasteiger partial charge on any atom is -0.338 e. The van der Waals surface area contributed by atoms with Gasteiger partial charge in [-0.2, -0.15) is 0 Å². The summed E-state index contributed by atoms with van der Waals surface area (Å²) < 4.78 is 1.80. The van der Waals surface area contributed by atoms with E-state index >= 15 is 0 Å². The minimum absolute atomic E-state index is 0.0240. The Morgan fingerprint density at radius 2 is 1.07 bits per heavy atom. The van der Waals surface area contributed by atoms with Gasteiger partial charge in [0.2, 0.25) is 0 Å². The normalized spacial score (nSPS) is 12.1. The van der Waals surface area contributed by atoms with Crippen molar-refractivity contribution in [2.45, 2.75) is 25.9 Å². The fraction of sp³-hybridized carbons (Fsp3) is 0.167. The predicted molar refractivity (Wildman–Crippen MR) is 118 cm³/mol. The highest BCUT2D eigenvalue weighted by Gasteiger charge is 2.30. The third kappa shape index (κ3) is 3.67. The Morgan fingerprint density at radius 1 is 0.643 bits per heavy atom. The molecule has 4 aromatic rings. The summed E-state index contributed by atoms with van der Waals surface area (Å²) in [5, 5.41) is 4.65. The van der Waals surface area contributed by atoms with E-state index < -0.39 is 8.53 Å². The molecule has 0 atom stereocenters. The maximum atomic E-state index is 10.2. The summed E-state index contributed by atoms with van der Waals surface area (Å²) in [6.45, 7) is 3.99. The van der Waals surface area contributed by atoms with Gasteiger partial charge in [-0.15, -0.1) is 0 Å². The first-order valence-electron chi connectivity index (χ1n) is 9.48. The highest BCUT2D eigenvalue weighted by molar-refractivity contribution is 7.42. The van der Waals surface area contributed by atoms with Gasteiger partial charge in [-0.1, -0.05) is 72.8 Å². The standard InChI is InChI=1S/C24H24NO2P/c1-17(2)25(28(26)27)24(22-13-11-18-7-3-5-9-20(18)15-22)23-14-12-19-8-4-6-10-21(19)16-23/h3-17,24,26-27H,1-2H3. The Hall–Kier alpha value is -2.29. The summed E-state index contributed by atoms with van der Waals surface area (Å²) in [5.74, 6) is 0. The third-order valence-electron chi connectivity index (χ3n) is 5.18. The van der Waals surface area contributed by atoms with Gasteiger partial charge in [0.25, 0.3) is 8.53 Å². The summed E-state index contributed by atoms with van der Waals surface area (Å²) in [7, 11) is -2.24. The third-order valence-corrected chi connectivity index (χ3v) is 6.28. The predicted octanol–water partition coefficient (Wildman–Crippen LogP) is 6.00. The summed E-state index contributed by atoms with van der Waals surface area (Å²) in [4.78, 5) is 20.5. The van der Waals surface area contributed by atoms with E-state index in [9.17, 15) is 9.79 Å². The zero-order valence-electron chi connectivity index (χ0n) is 16.0. The van der Waals surface area contributed by atoms with Gasteiger partial charge >= 0.3 is 0 Å². The molecule has 0 saturated heterocycles. The number of hydrogen-bond acceptors (Lipinski definition) is 3.